The van der Waals surface area contributed by atoms with Gasteiger partial charge in [-0.3, -0.25) is 4.90 Å². The lowest BCUT2D eigenvalue weighted by atomic mass is 9.99. The Morgan fingerprint density at radius 1 is 1.25 bits per heavy atom. The van der Waals surface area contributed by atoms with Crippen molar-refractivity contribution in [3.63, 3.8) is 0 Å². The molecule has 0 aliphatic carbocycles. The fraction of sp³-hybridized carbons (Fsp3) is 0.625. The predicted molar refractivity (Wildman–Crippen MR) is 81.1 cm³/mol. The van der Waals surface area contributed by atoms with Crippen LogP contribution in [0.25, 0.3) is 0 Å². The molecular weight excluding hydrogens is 253 g/mol. The molecule has 3 atom stereocenters. The number of rotatable bonds is 3. The quantitative estimate of drug-likeness (QED) is 0.921. The summed E-state index contributed by atoms with van der Waals surface area (Å²) in [5, 5.41) is 0. The van der Waals surface area contributed by atoms with Crippen LogP contribution < -0.4 is 5.73 Å². The molecule has 3 nitrogen and oxygen atoms in total. The van der Waals surface area contributed by atoms with Gasteiger partial charge in [0.05, 0.1) is 0 Å². The van der Waals surface area contributed by atoms with Crippen molar-refractivity contribution in [2.75, 3.05) is 26.7 Å². The lowest BCUT2D eigenvalue weighted by Gasteiger charge is -2.36. The average Bonchev–Trinajstić information content (AvgIpc) is 2.58. The molecule has 1 aliphatic heterocycles. The van der Waals surface area contributed by atoms with Crippen LogP contribution in [0, 0.1) is 5.82 Å². The summed E-state index contributed by atoms with van der Waals surface area (Å²) in [6.45, 7) is 7.72. The summed E-state index contributed by atoms with van der Waals surface area (Å²) >= 11 is 0. The average molecular weight is 279 g/mol. The highest BCUT2D eigenvalue weighted by Gasteiger charge is 2.28. The fourth-order valence-corrected chi connectivity index (χ4v) is 3.17. The molecule has 1 fully saturated rings. The third kappa shape index (κ3) is 3.57. The van der Waals surface area contributed by atoms with Crippen LogP contribution in [-0.4, -0.2) is 48.6 Å². The second kappa shape index (κ2) is 6.66. The third-order valence-corrected chi connectivity index (χ3v) is 4.40. The van der Waals surface area contributed by atoms with Gasteiger partial charge >= 0.3 is 0 Å². The Kier molecular flexibility index (Phi) is 5.13. The largest absolute Gasteiger partial charge is 0.323 e. The topological polar surface area (TPSA) is 32.5 Å². The molecule has 0 spiro atoms. The molecule has 1 aromatic rings. The van der Waals surface area contributed by atoms with Crippen LogP contribution in [0.3, 0.4) is 0 Å². The Morgan fingerprint density at radius 3 is 2.55 bits per heavy atom. The van der Waals surface area contributed by atoms with Crippen molar-refractivity contribution in [3.05, 3.63) is 35.6 Å². The number of halogens is 1. The summed E-state index contributed by atoms with van der Waals surface area (Å²) < 4.78 is 13.0. The maximum Gasteiger partial charge on any atom is 0.123 e. The molecule has 4 heteroatoms. The van der Waals surface area contributed by atoms with Crippen LogP contribution in [-0.2, 0) is 0 Å². The van der Waals surface area contributed by atoms with Gasteiger partial charge in [0.2, 0.25) is 0 Å². The number of benzene rings is 1. The van der Waals surface area contributed by atoms with Crippen LogP contribution in [0.2, 0.25) is 0 Å². The smallest absolute Gasteiger partial charge is 0.123 e. The molecule has 1 heterocycles. The van der Waals surface area contributed by atoms with Gasteiger partial charge in [-0.25, -0.2) is 4.39 Å². The van der Waals surface area contributed by atoms with Gasteiger partial charge in [0.1, 0.15) is 5.82 Å². The van der Waals surface area contributed by atoms with Crippen molar-refractivity contribution in [3.8, 4) is 0 Å². The van der Waals surface area contributed by atoms with Gasteiger partial charge in [-0.2, -0.15) is 0 Å². The van der Waals surface area contributed by atoms with E-state index in [4.69, 9.17) is 5.73 Å². The maximum absolute atomic E-state index is 13.0. The molecule has 1 aromatic carbocycles. The minimum atomic E-state index is -0.210. The van der Waals surface area contributed by atoms with Gasteiger partial charge in [0.25, 0.3) is 0 Å². The molecule has 0 bridgehead atoms. The van der Waals surface area contributed by atoms with E-state index in [0.29, 0.717) is 6.04 Å². The summed E-state index contributed by atoms with van der Waals surface area (Å²) in [6.07, 6.45) is 1.17. The number of nitrogens with two attached hydrogens (primary N) is 1. The molecule has 2 rings (SSSR count). The monoisotopic (exact) mass is 279 g/mol. The SMILES string of the molecule is CC1CN(C)CCCN1C(C)C(N)c1ccc(F)cc1. The van der Waals surface area contributed by atoms with Gasteiger partial charge in [-0.1, -0.05) is 12.1 Å². The van der Waals surface area contributed by atoms with E-state index in [9.17, 15) is 4.39 Å². The van der Waals surface area contributed by atoms with Crippen molar-refractivity contribution in [1.29, 1.82) is 0 Å². The molecule has 20 heavy (non-hydrogen) atoms. The molecule has 112 valence electrons. The third-order valence-electron chi connectivity index (χ3n) is 4.40. The van der Waals surface area contributed by atoms with E-state index in [1.165, 1.54) is 18.6 Å². The first-order valence-corrected chi connectivity index (χ1v) is 7.44. The zero-order valence-corrected chi connectivity index (χ0v) is 12.7. The molecule has 0 saturated carbocycles. The van der Waals surface area contributed by atoms with E-state index in [1.54, 1.807) is 12.1 Å². The highest BCUT2D eigenvalue weighted by Crippen LogP contribution is 2.22. The van der Waals surface area contributed by atoms with E-state index in [2.05, 4.69) is 30.7 Å². The standard InChI is InChI=1S/C16H26FN3/c1-12-11-19(3)9-4-10-20(12)13(2)16(18)14-5-7-15(17)8-6-14/h5-8,12-13,16H,4,9-11,18H2,1-3H3. The van der Waals surface area contributed by atoms with E-state index < -0.39 is 0 Å². The van der Waals surface area contributed by atoms with E-state index in [0.717, 1.165) is 25.2 Å². The summed E-state index contributed by atoms with van der Waals surface area (Å²) in [5.41, 5.74) is 7.39. The van der Waals surface area contributed by atoms with Crippen LogP contribution >= 0.6 is 0 Å². The van der Waals surface area contributed by atoms with Crippen molar-refractivity contribution >= 4 is 0 Å². The van der Waals surface area contributed by atoms with Gasteiger partial charge in [-0.05, 0) is 51.6 Å². The molecule has 1 saturated heterocycles. The van der Waals surface area contributed by atoms with Crippen LogP contribution in [0.4, 0.5) is 4.39 Å². The van der Waals surface area contributed by atoms with Gasteiger partial charge < -0.3 is 10.6 Å². The number of hydrogen-bond acceptors (Lipinski definition) is 3. The van der Waals surface area contributed by atoms with Gasteiger partial charge in [-0.15, -0.1) is 0 Å². The molecular formula is C16H26FN3. The van der Waals surface area contributed by atoms with Crippen molar-refractivity contribution in [1.82, 2.24) is 9.80 Å². The number of likely N-dealkylation sites (N-methyl/N-ethyl adjacent to an activating group) is 1. The van der Waals surface area contributed by atoms with E-state index >= 15 is 0 Å². The molecule has 0 aromatic heterocycles. The van der Waals surface area contributed by atoms with Crippen molar-refractivity contribution in [2.24, 2.45) is 5.73 Å². The second-order valence-corrected chi connectivity index (χ2v) is 6.02. The number of hydrogen-bond donors (Lipinski definition) is 1. The zero-order chi connectivity index (χ0) is 14.7. The van der Waals surface area contributed by atoms with E-state index in [-0.39, 0.29) is 17.9 Å². The maximum atomic E-state index is 13.0. The summed E-state index contributed by atoms with van der Waals surface area (Å²) in [5.74, 6) is -0.210. The number of nitrogens with zero attached hydrogens (tertiary/aromatic N) is 2. The fourth-order valence-electron chi connectivity index (χ4n) is 3.17. The van der Waals surface area contributed by atoms with Gasteiger partial charge in [0, 0.05) is 31.2 Å². The highest BCUT2D eigenvalue weighted by atomic mass is 19.1. The first kappa shape index (κ1) is 15.4. The summed E-state index contributed by atoms with van der Waals surface area (Å²) in [6, 6.07) is 7.23. The Hall–Kier alpha value is -0.970. The molecule has 0 radical (unpaired) electrons. The van der Waals surface area contributed by atoms with Crippen LogP contribution in [0.5, 0.6) is 0 Å². The summed E-state index contributed by atoms with van der Waals surface area (Å²) in [7, 11) is 2.17. The minimum absolute atomic E-state index is 0.0820. The molecule has 0 amide bonds. The Labute approximate surface area is 121 Å². The van der Waals surface area contributed by atoms with Crippen LogP contribution in [0.15, 0.2) is 24.3 Å². The second-order valence-electron chi connectivity index (χ2n) is 6.02. The predicted octanol–water partition coefficient (Wildman–Crippen LogP) is 2.24. The van der Waals surface area contributed by atoms with Crippen molar-refractivity contribution in [2.45, 2.75) is 38.4 Å². The lowest BCUT2D eigenvalue weighted by Crippen LogP contribution is -2.47. The first-order valence-electron chi connectivity index (χ1n) is 7.44. The molecule has 1 aliphatic rings. The highest BCUT2D eigenvalue weighted by molar-refractivity contribution is 5.21. The summed E-state index contributed by atoms with van der Waals surface area (Å²) in [4.78, 5) is 4.86. The zero-order valence-electron chi connectivity index (χ0n) is 12.7. The molecule has 3 unspecified atom stereocenters. The van der Waals surface area contributed by atoms with E-state index in [1.807, 2.05) is 0 Å². The lowest BCUT2D eigenvalue weighted by molar-refractivity contribution is 0.134. The Balaban J connectivity index is 2.08. The van der Waals surface area contributed by atoms with Crippen LogP contribution in [0.1, 0.15) is 31.9 Å². The normalized spacial score (nSPS) is 25.1. The minimum Gasteiger partial charge on any atom is -0.323 e. The van der Waals surface area contributed by atoms with Gasteiger partial charge in [0.15, 0.2) is 0 Å². The first-order chi connectivity index (χ1) is 9.49. The Morgan fingerprint density at radius 2 is 1.90 bits per heavy atom. The Bertz CT molecular complexity index is 420. The van der Waals surface area contributed by atoms with Crippen molar-refractivity contribution < 1.29 is 4.39 Å². The molecule has 2 N–H and O–H groups in total.